The highest BCUT2D eigenvalue weighted by atomic mass is 16.5. The number of carboxylic acid groups (broad SMARTS) is 1. The van der Waals surface area contributed by atoms with Gasteiger partial charge < -0.3 is 14.7 Å². The molecule has 0 aliphatic rings. The molecule has 0 atom stereocenters. The van der Waals surface area contributed by atoms with E-state index in [9.17, 15) is 9.59 Å². The van der Waals surface area contributed by atoms with Crippen LogP contribution in [-0.2, 0) is 16.1 Å². The van der Waals surface area contributed by atoms with Crippen LogP contribution in [0.4, 0.5) is 0 Å². The minimum atomic E-state index is -0.955. The molecule has 0 unspecified atom stereocenters. The molecule has 1 aromatic rings. The molecule has 0 saturated heterocycles. The Hall–Kier alpha value is -1.88. The van der Waals surface area contributed by atoms with Crippen LogP contribution >= 0.6 is 0 Å². The molecule has 0 heterocycles. The lowest BCUT2D eigenvalue weighted by Gasteiger charge is -2.17. The molecule has 1 N–H and O–H groups in total. The predicted molar refractivity (Wildman–Crippen MR) is 71.0 cm³/mol. The lowest BCUT2D eigenvalue weighted by atomic mass is 10.1. The number of benzene rings is 1. The van der Waals surface area contributed by atoms with Crippen molar-refractivity contribution in [1.29, 1.82) is 0 Å². The van der Waals surface area contributed by atoms with Crippen molar-refractivity contribution in [2.24, 2.45) is 0 Å². The largest absolute Gasteiger partial charge is 0.478 e. The van der Waals surface area contributed by atoms with Crippen molar-refractivity contribution in [2.75, 3.05) is 20.3 Å². The first-order chi connectivity index (χ1) is 9.04. The fourth-order valence-corrected chi connectivity index (χ4v) is 1.53. The van der Waals surface area contributed by atoms with Crippen LogP contribution in [0, 0.1) is 0 Å². The summed E-state index contributed by atoms with van der Waals surface area (Å²) in [4.78, 5) is 24.0. The van der Waals surface area contributed by atoms with Gasteiger partial charge in [0, 0.05) is 20.2 Å². The molecule has 1 rings (SSSR count). The van der Waals surface area contributed by atoms with Gasteiger partial charge in [0.2, 0.25) is 5.91 Å². The lowest BCUT2D eigenvalue weighted by molar-refractivity contribution is -0.135. The van der Waals surface area contributed by atoms with Crippen LogP contribution in [0.15, 0.2) is 24.3 Å². The van der Waals surface area contributed by atoms with E-state index in [1.165, 1.54) is 12.1 Å². The van der Waals surface area contributed by atoms with Crippen LogP contribution in [0.3, 0.4) is 0 Å². The van der Waals surface area contributed by atoms with Gasteiger partial charge >= 0.3 is 5.97 Å². The molecule has 0 radical (unpaired) electrons. The smallest absolute Gasteiger partial charge is 0.335 e. The van der Waals surface area contributed by atoms with Gasteiger partial charge in [-0.2, -0.15) is 0 Å². The Morgan fingerprint density at radius 2 is 1.89 bits per heavy atom. The fourth-order valence-electron chi connectivity index (χ4n) is 1.53. The number of rotatable bonds is 7. The standard InChI is InChI=1S/C14H19NO4/c1-3-8-19-10-13(16)15(2)9-11-4-6-12(7-5-11)14(17)18/h4-7H,3,8-10H2,1-2H3,(H,17,18). The molecule has 0 bridgehead atoms. The average Bonchev–Trinajstić information content (AvgIpc) is 2.39. The van der Waals surface area contributed by atoms with Crippen LogP contribution < -0.4 is 0 Å². The topological polar surface area (TPSA) is 66.8 Å². The maximum Gasteiger partial charge on any atom is 0.335 e. The Bertz CT molecular complexity index is 428. The highest BCUT2D eigenvalue weighted by Gasteiger charge is 2.09. The van der Waals surface area contributed by atoms with Crippen molar-refractivity contribution in [3.8, 4) is 0 Å². The highest BCUT2D eigenvalue weighted by molar-refractivity contribution is 5.87. The first-order valence-corrected chi connectivity index (χ1v) is 6.18. The average molecular weight is 265 g/mol. The Kier molecular flexibility index (Phi) is 6.02. The van der Waals surface area contributed by atoms with Crippen LogP contribution in [0.25, 0.3) is 0 Å². The van der Waals surface area contributed by atoms with Gasteiger partial charge in [0.15, 0.2) is 0 Å². The Morgan fingerprint density at radius 3 is 2.42 bits per heavy atom. The molecule has 0 aromatic heterocycles. The molecule has 0 saturated carbocycles. The molecule has 0 aliphatic heterocycles. The number of hydrogen-bond acceptors (Lipinski definition) is 3. The minimum absolute atomic E-state index is 0.0809. The van der Waals surface area contributed by atoms with Crippen LogP contribution in [-0.4, -0.2) is 42.1 Å². The van der Waals surface area contributed by atoms with Crippen LogP contribution in [0.1, 0.15) is 29.3 Å². The van der Waals surface area contributed by atoms with Gasteiger partial charge in [0.1, 0.15) is 6.61 Å². The van der Waals surface area contributed by atoms with E-state index in [-0.39, 0.29) is 18.1 Å². The maximum atomic E-state index is 11.7. The highest BCUT2D eigenvalue weighted by Crippen LogP contribution is 2.07. The van der Waals surface area contributed by atoms with Gasteiger partial charge in [0.05, 0.1) is 5.56 Å². The van der Waals surface area contributed by atoms with E-state index in [1.807, 2.05) is 6.92 Å². The quantitative estimate of drug-likeness (QED) is 0.763. The van der Waals surface area contributed by atoms with Crippen molar-refractivity contribution >= 4 is 11.9 Å². The van der Waals surface area contributed by atoms with E-state index >= 15 is 0 Å². The number of carbonyl (C=O) groups excluding carboxylic acids is 1. The SMILES string of the molecule is CCCOCC(=O)N(C)Cc1ccc(C(=O)O)cc1. The molecule has 5 heteroatoms. The summed E-state index contributed by atoms with van der Waals surface area (Å²) in [7, 11) is 1.70. The molecule has 104 valence electrons. The number of carboxylic acids is 1. The summed E-state index contributed by atoms with van der Waals surface area (Å²) in [5.74, 6) is -1.04. The molecule has 1 amide bonds. The van der Waals surface area contributed by atoms with E-state index in [0.29, 0.717) is 13.2 Å². The number of aromatic carboxylic acids is 1. The lowest BCUT2D eigenvalue weighted by Crippen LogP contribution is -2.30. The third kappa shape index (κ3) is 5.09. The summed E-state index contributed by atoms with van der Waals surface area (Å²) in [6.07, 6.45) is 0.883. The molecule has 0 aliphatic carbocycles. The monoisotopic (exact) mass is 265 g/mol. The summed E-state index contributed by atoms with van der Waals surface area (Å²) < 4.78 is 5.19. The van der Waals surface area contributed by atoms with Gasteiger partial charge in [-0.05, 0) is 24.1 Å². The van der Waals surface area contributed by atoms with Crippen molar-refractivity contribution in [3.05, 3.63) is 35.4 Å². The van der Waals surface area contributed by atoms with Gasteiger partial charge in [-0.15, -0.1) is 0 Å². The summed E-state index contributed by atoms with van der Waals surface area (Å²) in [5, 5.41) is 8.79. The van der Waals surface area contributed by atoms with Gasteiger partial charge in [-0.25, -0.2) is 4.79 Å². The number of hydrogen-bond donors (Lipinski definition) is 1. The zero-order valence-corrected chi connectivity index (χ0v) is 11.3. The molecule has 0 fully saturated rings. The number of likely N-dealkylation sites (N-methyl/N-ethyl adjacent to an activating group) is 1. The number of ether oxygens (including phenoxy) is 1. The van der Waals surface area contributed by atoms with Gasteiger partial charge in [-0.1, -0.05) is 19.1 Å². The number of nitrogens with zero attached hydrogens (tertiary/aromatic N) is 1. The zero-order valence-electron chi connectivity index (χ0n) is 11.3. The predicted octanol–water partition coefficient (Wildman–Crippen LogP) is 1.77. The first-order valence-electron chi connectivity index (χ1n) is 6.18. The molecule has 19 heavy (non-hydrogen) atoms. The third-order valence-electron chi connectivity index (χ3n) is 2.62. The van der Waals surface area contributed by atoms with Gasteiger partial charge in [-0.3, -0.25) is 4.79 Å². The van der Waals surface area contributed by atoms with Crippen LogP contribution in [0.5, 0.6) is 0 Å². The van der Waals surface area contributed by atoms with E-state index < -0.39 is 5.97 Å². The van der Waals surface area contributed by atoms with Crippen molar-refractivity contribution < 1.29 is 19.4 Å². The number of carbonyl (C=O) groups is 2. The summed E-state index contributed by atoms with van der Waals surface area (Å²) in [5.41, 5.74) is 1.13. The first kappa shape index (κ1) is 15.2. The number of amides is 1. The second-order valence-corrected chi connectivity index (χ2v) is 4.30. The summed E-state index contributed by atoms with van der Waals surface area (Å²) in [6, 6.07) is 6.48. The minimum Gasteiger partial charge on any atom is -0.478 e. The van der Waals surface area contributed by atoms with Crippen LogP contribution in [0.2, 0.25) is 0 Å². The summed E-state index contributed by atoms with van der Waals surface area (Å²) in [6.45, 7) is 3.08. The Labute approximate surface area is 112 Å². The normalized spacial score (nSPS) is 10.2. The Balaban J connectivity index is 2.49. The second kappa shape index (κ2) is 7.53. The van der Waals surface area contributed by atoms with E-state index in [1.54, 1.807) is 24.1 Å². The maximum absolute atomic E-state index is 11.7. The van der Waals surface area contributed by atoms with E-state index in [4.69, 9.17) is 9.84 Å². The molecule has 0 spiro atoms. The molecule has 5 nitrogen and oxygen atoms in total. The second-order valence-electron chi connectivity index (χ2n) is 4.30. The van der Waals surface area contributed by atoms with E-state index in [2.05, 4.69) is 0 Å². The van der Waals surface area contributed by atoms with E-state index in [0.717, 1.165) is 12.0 Å². The Morgan fingerprint density at radius 1 is 1.26 bits per heavy atom. The summed E-state index contributed by atoms with van der Waals surface area (Å²) >= 11 is 0. The van der Waals surface area contributed by atoms with Crippen molar-refractivity contribution in [3.63, 3.8) is 0 Å². The van der Waals surface area contributed by atoms with Gasteiger partial charge in [0.25, 0.3) is 0 Å². The van der Waals surface area contributed by atoms with Crippen molar-refractivity contribution in [2.45, 2.75) is 19.9 Å². The zero-order chi connectivity index (χ0) is 14.3. The molecule has 1 aromatic carbocycles. The third-order valence-corrected chi connectivity index (χ3v) is 2.62. The fraction of sp³-hybridized carbons (Fsp3) is 0.429. The molecular weight excluding hydrogens is 246 g/mol. The molecular formula is C14H19NO4. The van der Waals surface area contributed by atoms with Crippen molar-refractivity contribution in [1.82, 2.24) is 4.90 Å².